The van der Waals surface area contributed by atoms with E-state index in [9.17, 15) is 9.50 Å². The largest absolute Gasteiger partial charge is 0.506 e. The Balaban J connectivity index is 3.37. The lowest BCUT2D eigenvalue weighted by Crippen LogP contribution is -2.11. The van der Waals surface area contributed by atoms with Crippen molar-refractivity contribution in [1.29, 1.82) is 0 Å². The van der Waals surface area contributed by atoms with Gasteiger partial charge in [0.2, 0.25) is 0 Å². The van der Waals surface area contributed by atoms with Crippen molar-refractivity contribution in [2.75, 3.05) is 0 Å². The van der Waals surface area contributed by atoms with Gasteiger partial charge in [0.15, 0.2) is 0 Å². The summed E-state index contributed by atoms with van der Waals surface area (Å²) in [5, 5.41) is 9.64. The van der Waals surface area contributed by atoms with E-state index in [4.69, 9.17) is 0 Å². The van der Waals surface area contributed by atoms with Gasteiger partial charge in [0.05, 0.1) is 4.47 Å². The van der Waals surface area contributed by atoms with Crippen molar-refractivity contribution in [1.82, 2.24) is 0 Å². The molecule has 0 aliphatic heterocycles. The Hall–Kier alpha value is -0.570. The van der Waals surface area contributed by atoms with Gasteiger partial charge in [0.25, 0.3) is 0 Å². The predicted octanol–water partition coefficient (Wildman–Crippen LogP) is 3.59. The van der Waals surface area contributed by atoms with Crippen LogP contribution in [0.2, 0.25) is 0 Å². The highest BCUT2D eigenvalue weighted by Crippen LogP contribution is 2.36. The molecule has 0 unspecified atom stereocenters. The minimum Gasteiger partial charge on any atom is -0.506 e. The first-order valence-corrected chi connectivity index (χ1v) is 4.80. The first kappa shape index (κ1) is 10.5. The van der Waals surface area contributed by atoms with Gasteiger partial charge in [-0.1, -0.05) is 20.8 Å². The van der Waals surface area contributed by atoms with E-state index in [1.165, 1.54) is 12.1 Å². The van der Waals surface area contributed by atoms with Crippen LogP contribution in [0.4, 0.5) is 4.39 Å². The van der Waals surface area contributed by atoms with Gasteiger partial charge >= 0.3 is 0 Å². The van der Waals surface area contributed by atoms with Gasteiger partial charge in [-0.2, -0.15) is 0 Å². The number of hydrogen-bond donors (Lipinski definition) is 1. The molecule has 0 aliphatic rings. The second-order valence-corrected chi connectivity index (χ2v) is 4.89. The predicted molar refractivity (Wildman–Crippen MR) is 54.5 cm³/mol. The first-order valence-electron chi connectivity index (χ1n) is 4.01. The molecule has 1 nitrogen and oxygen atoms in total. The molecule has 0 amide bonds. The van der Waals surface area contributed by atoms with Gasteiger partial charge in [0.1, 0.15) is 11.6 Å². The summed E-state index contributed by atoms with van der Waals surface area (Å²) in [6.07, 6.45) is 0. The van der Waals surface area contributed by atoms with Gasteiger partial charge < -0.3 is 5.11 Å². The second kappa shape index (κ2) is 3.29. The molecule has 1 rings (SSSR count). The maximum atomic E-state index is 13.0. The topological polar surface area (TPSA) is 20.2 Å². The maximum Gasteiger partial charge on any atom is 0.133 e. The van der Waals surface area contributed by atoms with Crippen LogP contribution in [0.25, 0.3) is 0 Å². The van der Waals surface area contributed by atoms with Crippen LogP contribution in [-0.2, 0) is 5.41 Å². The van der Waals surface area contributed by atoms with Gasteiger partial charge in [0, 0.05) is 5.56 Å². The van der Waals surface area contributed by atoms with E-state index in [1.54, 1.807) is 0 Å². The number of aromatic hydroxyl groups is 1. The Morgan fingerprint density at radius 2 is 1.85 bits per heavy atom. The third-order valence-electron chi connectivity index (χ3n) is 1.84. The lowest BCUT2D eigenvalue weighted by molar-refractivity contribution is 0.439. The SMILES string of the molecule is CC(C)(C)c1cc(F)cc(Br)c1O. The van der Waals surface area contributed by atoms with Crippen LogP contribution < -0.4 is 0 Å². The van der Waals surface area contributed by atoms with Gasteiger partial charge in [-0.15, -0.1) is 0 Å². The molecule has 0 fully saturated rings. The van der Waals surface area contributed by atoms with Crippen LogP contribution in [0, 0.1) is 5.82 Å². The quantitative estimate of drug-likeness (QED) is 0.742. The molecule has 13 heavy (non-hydrogen) atoms. The summed E-state index contributed by atoms with van der Waals surface area (Å²) in [6, 6.07) is 2.62. The molecule has 0 saturated heterocycles. The number of benzene rings is 1. The Kier molecular flexibility index (Phi) is 2.66. The standard InChI is InChI=1S/C10H12BrFO/c1-10(2,3)7-4-6(12)5-8(11)9(7)13/h4-5,13H,1-3H3. The first-order chi connectivity index (χ1) is 5.82. The number of hydrogen-bond acceptors (Lipinski definition) is 1. The molecule has 0 spiro atoms. The molecule has 1 aromatic carbocycles. The van der Waals surface area contributed by atoms with Gasteiger partial charge in [-0.25, -0.2) is 4.39 Å². The van der Waals surface area contributed by atoms with Gasteiger partial charge in [-0.05, 0) is 33.5 Å². The summed E-state index contributed by atoms with van der Waals surface area (Å²) in [6.45, 7) is 5.77. The molecule has 72 valence electrons. The van der Waals surface area contributed by atoms with Crippen LogP contribution in [0.3, 0.4) is 0 Å². The highest BCUT2D eigenvalue weighted by atomic mass is 79.9. The molecule has 0 radical (unpaired) electrons. The molecule has 0 heterocycles. The smallest absolute Gasteiger partial charge is 0.133 e. The second-order valence-electron chi connectivity index (χ2n) is 4.03. The zero-order valence-electron chi connectivity index (χ0n) is 7.86. The lowest BCUT2D eigenvalue weighted by atomic mass is 9.86. The monoisotopic (exact) mass is 246 g/mol. The summed E-state index contributed by atoms with van der Waals surface area (Å²) in [5.74, 6) is -0.219. The van der Waals surface area contributed by atoms with Crippen molar-refractivity contribution in [2.45, 2.75) is 26.2 Å². The fourth-order valence-electron chi connectivity index (χ4n) is 1.14. The summed E-state index contributed by atoms with van der Waals surface area (Å²) in [4.78, 5) is 0. The van der Waals surface area contributed by atoms with E-state index in [1.807, 2.05) is 20.8 Å². The van der Waals surface area contributed by atoms with E-state index >= 15 is 0 Å². The summed E-state index contributed by atoms with van der Waals surface area (Å²) in [5.41, 5.74) is 0.355. The fourth-order valence-corrected chi connectivity index (χ4v) is 1.57. The van der Waals surface area contributed by atoms with Crippen molar-refractivity contribution >= 4 is 15.9 Å². The minimum absolute atomic E-state index is 0.119. The summed E-state index contributed by atoms with van der Waals surface area (Å²) in [7, 11) is 0. The molecule has 1 N–H and O–H groups in total. The molecular weight excluding hydrogens is 235 g/mol. The van der Waals surface area contributed by atoms with Crippen molar-refractivity contribution in [2.24, 2.45) is 0 Å². The van der Waals surface area contributed by atoms with Crippen LogP contribution in [-0.4, -0.2) is 5.11 Å². The average molecular weight is 247 g/mol. The van der Waals surface area contributed by atoms with Crippen molar-refractivity contribution < 1.29 is 9.50 Å². The fraction of sp³-hybridized carbons (Fsp3) is 0.400. The maximum absolute atomic E-state index is 13.0. The van der Waals surface area contributed by atoms with E-state index in [2.05, 4.69) is 15.9 Å². The lowest BCUT2D eigenvalue weighted by Gasteiger charge is -2.20. The van der Waals surface area contributed by atoms with E-state index in [0.717, 1.165) is 0 Å². The Morgan fingerprint density at radius 1 is 1.31 bits per heavy atom. The third-order valence-corrected chi connectivity index (χ3v) is 2.44. The normalized spacial score (nSPS) is 11.8. The zero-order valence-corrected chi connectivity index (χ0v) is 9.44. The molecule has 0 saturated carbocycles. The van der Waals surface area contributed by atoms with E-state index in [-0.39, 0.29) is 17.0 Å². The van der Waals surface area contributed by atoms with Gasteiger partial charge in [-0.3, -0.25) is 0 Å². The van der Waals surface area contributed by atoms with Crippen molar-refractivity contribution in [3.05, 3.63) is 28.0 Å². The Labute approximate surface area is 85.7 Å². The van der Waals surface area contributed by atoms with Crippen LogP contribution in [0.5, 0.6) is 5.75 Å². The van der Waals surface area contributed by atoms with Crippen molar-refractivity contribution in [3.63, 3.8) is 0 Å². The minimum atomic E-state index is -0.338. The van der Waals surface area contributed by atoms with Crippen LogP contribution in [0.1, 0.15) is 26.3 Å². The number of phenolic OH excluding ortho intramolecular Hbond substituents is 1. The average Bonchev–Trinajstić information content (AvgIpc) is 1.94. The van der Waals surface area contributed by atoms with Crippen LogP contribution >= 0.6 is 15.9 Å². The molecule has 1 aromatic rings. The number of halogens is 2. The highest BCUT2D eigenvalue weighted by Gasteiger charge is 2.20. The molecule has 0 aliphatic carbocycles. The Morgan fingerprint density at radius 3 is 2.31 bits per heavy atom. The highest BCUT2D eigenvalue weighted by molar-refractivity contribution is 9.10. The molecule has 0 aromatic heterocycles. The third kappa shape index (κ3) is 2.21. The number of phenols is 1. The van der Waals surface area contributed by atoms with E-state index < -0.39 is 0 Å². The Bertz CT molecular complexity index is 328. The summed E-state index contributed by atoms with van der Waals surface area (Å²) < 4.78 is 13.4. The molecular formula is C10H12BrFO. The van der Waals surface area contributed by atoms with E-state index in [0.29, 0.717) is 10.0 Å². The van der Waals surface area contributed by atoms with Crippen LogP contribution in [0.15, 0.2) is 16.6 Å². The van der Waals surface area contributed by atoms with Crippen molar-refractivity contribution in [3.8, 4) is 5.75 Å². The zero-order chi connectivity index (χ0) is 10.2. The summed E-state index contributed by atoms with van der Waals surface area (Å²) >= 11 is 3.10. The molecule has 0 atom stereocenters. The molecule has 3 heteroatoms. The molecule has 0 bridgehead atoms. The number of rotatable bonds is 0.